The van der Waals surface area contributed by atoms with E-state index in [1.54, 1.807) is 0 Å². The van der Waals surface area contributed by atoms with Crippen LogP contribution in [-0.4, -0.2) is 17.7 Å². The summed E-state index contributed by atoms with van der Waals surface area (Å²) in [6, 6.07) is 16.0. The molecule has 1 unspecified atom stereocenters. The predicted octanol–water partition coefficient (Wildman–Crippen LogP) is 3.42. The zero-order chi connectivity index (χ0) is 16.2. The summed E-state index contributed by atoms with van der Waals surface area (Å²) in [6.07, 6.45) is 0.774. The van der Waals surface area contributed by atoms with Crippen molar-refractivity contribution in [1.82, 2.24) is 5.32 Å². The second-order valence-electron chi connectivity index (χ2n) is 5.77. The lowest BCUT2D eigenvalue weighted by molar-refractivity contribution is -0.119. The van der Waals surface area contributed by atoms with Gasteiger partial charge in [0.05, 0.1) is 11.7 Å². The number of amides is 1. The quantitative estimate of drug-likeness (QED) is 0.920. The number of nitrogens with zero attached hydrogens (tertiary/aromatic N) is 1. The van der Waals surface area contributed by atoms with Crippen molar-refractivity contribution >= 4 is 17.3 Å². The highest BCUT2D eigenvalue weighted by atomic mass is 16.5. The average Bonchev–Trinajstić information content (AvgIpc) is 2.96. The van der Waals surface area contributed by atoms with Crippen molar-refractivity contribution in [2.45, 2.75) is 32.9 Å². The molecule has 4 heteroatoms. The zero-order valence-corrected chi connectivity index (χ0v) is 13.4. The Balaban J connectivity index is 1.68. The normalized spacial score (nSPS) is 13.9. The Morgan fingerprint density at radius 2 is 2.04 bits per heavy atom. The number of benzene rings is 2. The minimum absolute atomic E-state index is 0.0389. The highest BCUT2D eigenvalue weighted by Crippen LogP contribution is 2.31. The van der Waals surface area contributed by atoms with E-state index in [-0.39, 0.29) is 11.9 Å². The monoisotopic (exact) mass is 308 g/mol. The predicted molar refractivity (Wildman–Crippen MR) is 91.3 cm³/mol. The first-order valence-electron chi connectivity index (χ1n) is 7.76. The van der Waals surface area contributed by atoms with Crippen LogP contribution in [0.1, 0.15) is 25.0 Å². The Morgan fingerprint density at radius 3 is 2.78 bits per heavy atom. The molecule has 0 fully saturated rings. The second kappa shape index (κ2) is 6.65. The van der Waals surface area contributed by atoms with Crippen LogP contribution in [0.15, 0.2) is 53.5 Å². The summed E-state index contributed by atoms with van der Waals surface area (Å²) in [7, 11) is 0. The lowest BCUT2D eigenvalue weighted by Gasteiger charge is -2.11. The molecule has 0 spiro atoms. The molecule has 0 aromatic heterocycles. The van der Waals surface area contributed by atoms with Gasteiger partial charge in [-0.15, -0.1) is 0 Å². The van der Waals surface area contributed by atoms with E-state index >= 15 is 0 Å². The number of hydrogen-bond acceptors (Lipinski definition) is 3. The van der Waals surface area contributed by atoms with Crippen LogP contribution in [-0.2, 0) is 17.8 Å². The summed E-state index contributed by atoms with van der Waals surface area (Å²) in [5.41, 5.74) is 4.22. The van der Waals surface area contributed by atoms with Crippen molar-refractivity contribution < 1.29 is 9.53 Å². The van der Waals surface area contributed by atoms with E-state index in [2.05, 4.69) is 10.3 Å². The first-order chi connectivity index (χ1) is 11.1. The van der Waals surface area contributed by atoms with Gasteiger partial charge in [-0.1, -0.05) is 36.4 Å². The van der Waals surface area contributed by atoms with Crippen LogP contribution in [0.4, 0.5) is 5.69 Å². The molecule has 0 saturated heterocycles. The lowest BCUT2D eigenvalue weighted by Crippen LogP contribution is -2.37. The number of rotatable bonds is 5. The average molecular weight is 308 g/mol. The fourth-order valence-corrected chi connectivity index (χ4v) is 2.66. The minimum atomic E-state index is -0.0476. The maximum absolute atomic E-state index is 11.2. The van der Waals surface area contributed by atoms with Gasteiger partial charge in [0.1, 0.15) is 12.4 Å². The highest BCUT2D eigenvalue weighted by Gasteiger charge is 2.20. The summed E-state index contributed by atoms with van der Waals surface area (Å²) in [5.74, 6) is 0.771. The van der Waals surface area contributed by atoms with Gasteiger partial charge in [0, 0.05) is 25.1 Å². The number of ether oxygens (including phenoxy) is 1. The molecule has 1 aliphatic heterocycles. The summed E-state index contributed by atoms with van der Waals surface area (Å²) >= 11 is 0. The zero-order valence-electron chi connectivity index (χ0n) is 13.4. The number of hydrogen-bond donors (Lipinski definition) is 1. The fraction of sp³-hybridized carbons (Fsp3) is 0.263. The van der Waals surface area contributed by atoms with Crippen molar-refractivity contribution in [1.29, 1.82) is 0 Å². The first kappa shape index (κ1) is 15.3. The van der Waals surface area contributed by atoms with Gasteiger partial charge in [0.15, 0.2) is 0 Å². The maximum atomic E-state index is 11.2. The molecule has 1 amide bonds. The van der Waals surface area contributed by atoms with Crippen LogP contribution >= 0.6 is 0 Å². The molecule has 0 bridgehead atoms. The standard InChI is InChI=1S/C19H20N2O2/c1-13(20-14(2)22)18-10-16-8-9-17(11-19(16)21-18)23-12-15-6-4-3-5-7-15/h3-9,11,13H,10,12H2,1-2H3,(H,20,22). The van der Waals surface area contributed by atoms with E-state index in [4.69, 9.17) is 4.74 Å². The van der Waals surface area contributed by atoms with Gasteiger partial charge < -0.3 is 10.1 Å². The molecular formula is C19H20N2O2. The second-order valence-corrected chi connectivity index (χ2v) is 5.77. The van der Waals surface area contributed by atoms with Gasteiger partial charge in [-0.05, 0) is 24.1 Å². The summed E-state index contributed by atoms with van der Waals surface area (Å²) in [4.78, 5) is 15.8. The Kier molecular flexibility index (Phi) is 4.42. The van der Waals surface area contributed by atoms with Gasteiger partial charge in [-0.2, -0.15) is 0 Å². The van der Waals surface area contributed by atoms with Crippen LogP contribution in [0.25, 0.3) is 0 Å². The molecule has 0 aliphatic carbocycles. The number of carbonyl (C=O) groups excluding carboxylic acids is 1. The van der Waals surface area contributed by atoms with Crippen molar-refractivity contribution in [3.8, 4) is 5.75 Å². The molecule has 2 aromatic rings. The van der Waals surface area contributed by atoms with Gasteiger partial charge in [-0.3, -0.25) is 9.79 Å². The largest absolute Gasteiger partial charge is 0.489 e. The molecule has 3 rings (SSSR count). The van der Waals surface area contributed by atoms with E-state index in [9.17, 15) is 4.79 Å². The number of aliphatic imine (C=N–C) groups is 1. The fourth-order valence-electron chi connectivity index (χ4n) is 2.66. The Labute approximate surface area is 136 Å². The Hall–Kier alpha value is -2.62. The third-order valence-corrected chi connectivity index (χ3v) is 3.86. The first-order valence-corrected chi connectivity index (χ1v) is 7.76. The Morgan fingerprint density at radius 1 is 1.26 bits per heavy atom. The summed E-state index contributed by atoms with van der Waals surface area (Å²) < 4.78 is 5.84. The van der Waals surface area contributed by atoms with Crippen molar-refractivity contribution in [3.05, 3.63) is 59.7 Å². The van der Waals surface area contributed by atoms with E-state index < -0.39 is 0 Å². The van der Waals surface area contributed by atoms with E-state index in [0.29, 0.717) is 6.61 Å². The van der Waals surface area contributed by atoms with Crippen molar-refractivity contribution in [2.24, 2.45) is 4.99 Å². The molecule has 1 aliphatic rings. The molecule has 2 aromatic carbocycles. The molecule has 118 valence electrons. The van der Waals surface area contributed by atoms with Gasteiger partial charge in [-0.25, -0.2) is 0 Å². The van der Waals surface area contributed by atoms with E-state index in [1.165, 1.54) is 12.5 Å². The number of fused-ring (bicyclic) bond motifs is 1. The molecular weight excluding hydrogens is 288 g/mol. The van der Waals surface area contributed by atoms with Crippen LogP contribution in [0.3, 0.4) is 0 Å². The Bertz CT molecular complexity index is 738. The lowest BCUT2D eigenvalue weighted by atomic mass is 10.1. The summed E-state index contributed by atoms with van der Waals surface area (Å²) in [5, 5.41) is 2.88. The van der Waals surface area contributed by atoms with Crippen LogP contribution < -0.4 is 10.1 Å². The van der Waals surface area contributed by atoms with Crippen LogP contribution in [0, 0.1) is 0 Å². The molecule has 4 nitrogen and oxygen atoms in total. The van der Waals surface area contributed by atoms with E-state index in [0.717, 1.165) is 29.1 Å². The number of carbonyl (C=O) groups is 1. The minimum Gasteiger partial charge on any atom is -0.489 e. The third kappa shape index (κ3) is 3.77. The molecule has 23 heavy (non-hydrogen) atoms. The molecule has 0 saturated carbocycles. The molecule has 1 atom stereocenters. The van der Waals surface area contributed by atoms with Crippen LogP contribution in [0.5, 0.6) is 5.75 Å². The molecule has 0 radical (unpaired) electrons. The van der Waals surface area contributed by atoms with Gasteiger partial charge in [0.2, 0.25) is 5.91 Å². The molecule has 1 heterocycles. The van der Waals surface area contributed by atoms with Crippen LogP contribution in [0.2, 0.25) is 0 Å². The van der Waals surface area contributed by atoms with Crippen molar-refractivity contribution in [3.63, 3.8) is 0 Å². The van der Waals surface area contributed by atoms with Crippen molar-refractivity contribution in [2.75, 3.05) is 0 Å². The highest BCUT2D eigenvalue weighted by molar-refractivity contribution is 5.99. The summed E-state index contributed by atoms with van der Waals surface area (Å²) in [6.45, 7) is 4.02. The number of nitrogens with one attached hydrogen (secondary N) is 1. The molecule has 1 N–H and O–H groups in total. The topological polar surface area (TPSA) is 50.7 Å². The smallest absolute Gasteiger partial charge is 0.217 e. The van der Waals surface area contributed by atoms with Gasteiger partial charge >= 0.3 is 0 Å². The van der Waals surface area contributed by atoms with E-state index in [1.807, 2.05) is 55.5 Å². The maximum Gasteiger partial charge on any atom is 0.217 e. The third-order valence-electron chi connectivity index (χ3n) is 3.86. The SMILES string of the molecule is CC(=O)NC(C)C1=Nc2cc(OCc3ccccc3)ccc2C1. The van der Waals surface area contributed by atoms with Gasteiger partial charge in [0.25, 0.3) is 0 Å².